The van der Waals surface area contributed by atoms with Gasteiger partial charge in [-0.3, -0.25) is 9.10 Å². The highest BCUT2D eigenvalue weighted by atomic mass is 35.5. The molecule has 184 valence electrons. The van der Waals surface area contributed by atoms with Gasteiger partial charge in [-0.1, -0.05) is 29.8 Å². The van der Waals surface area contributed by atoms with Gasteiger partial charge >= 0.3 is 5.97 Å². The average molecular weight is 519 g/mol. The van der Waals surface area contributed by atoms with E-state index in [1.54, 1.807) is 30.3 Å². The Morgan fingerprint density at radius 2 is 1.60 bits per heavy atom. The molecular formula is C24H23ClN2O7S. The van der Waals surface area contributed by atoms with Crippen LogP contribution in [0.4, 0.5) is 11.4 Å². The second kappa shape index (κ2) is 11.1. The van der Waals surface area contributed by atoms with Crippen LogP contribution in [-0.4, -0.2) is 48.2 Å². The summed E-state index contributed by atoms with van der Waals surface area (Å²) in [6.07, 6.45) is 0. The third-order valence-electron chi connectivity index (χ3n) is 4.94. The lowest BCUT2D eigenvalue weighted by molar-refractivity contribution is -0.114. The summed E-state index contributed by atoms with van der Waals surface area (Å²) in [4.78, 5) is 24.7. The van der Waals surface area contributed by atoms with Gasteiger partial charge in [-0.15, -0.1) is 0 Å². The van der Waals surface area contributed by atoms with E-state index in [1.165, 1.54) is 57.7 Å². The second-order valence-electron chi connectivity index (χ2n) is 7.10. The fourth-order valence-corrected chi connectivity index (χ4v) is 4.80. The van der Waals surface area contributed by atoms with E-state index in [0.717, 1.165) is 4.31 Å². The van der Waals surface area contributed by atoms with E-state index in [1.807, 2.05) is 0 Å². The number of sulfonamides is 1. The number of carbonyl (C=O) groups is 2. The molecular weight excluding hydrogens is 496 g/mol. The van der Waals surface area contributed by atoms with Gasteiger partial charge in [0, 0.05) is 6.07 Å². The van der Waals surface area contributed by atoms with Crippen molar-refractivity contribution < 1.29 is 32.2 Å². The number of carbonyl (C=O) groups excluding carboxylic acids is 2. The molecule has 0 unspecified atom stereocenters. The van der Waals surface area contributed by atoms with E-state index in [4.69, 9.17) is 21.1 Å². The van der Waals surface area contributed by atoms with Gasteiger partial charge in [0.1, 0.15) is 6.54 Å². The zero-order valence-corrected chi connectivity index (χ0v) is 20.7. The summed E-state index contributed by atoms with van der Waals surface area (Å²) >= 11 is 6.17. The molecule has 0 fully saturated rings. The average Bonchev–Trinajstić information content (AvgIpc) is 2.87. The fraction of sp³-hybridized carbons (Fsp3) is 0.167. The summed E-state index contributed by atoms with van der Waals surface area (Å²) in [6.45, 7) is -0.570. The third-order valence-corrected chi connectivity index (χ3v) is 7.04. The Kier molecular flexibility index (Phi) is 8.21. The topological polar surface area (TPSA) is 111 Å². The van der Waals surface area contributed by atoms with Gasteiger partial charge in [0.2, 0.25) is 5.91 Å². The van der Waals surface area contributed by atoms with Crippen molar-refractivity contribution in [2.75, 3.05) is 37.5 Å². The quantitative estimate of drug-likeness (QED) is 0.426. The lowest BCUT2D eigenvalue weighted by atomic mass is 10.2. The first-order valence-corrected chi connectivity index (χ1v) is 12.0. The number of benzene rings is 3. The number of amides is 1. The van der Waals surface area contributed by atoms with Crippen LogP contribution in [0.2, 0.25) is 5.02 Å². The van der Waals surface area contributed by atoms with Crippen molar-refractivity contribution in [2.45, 2.75) is 4.90 Å². The zero-order valence-electron chi connectivity index (χ0n) is 19.1. The number of para-hydroxylation sites is 1. The number of nitrogens with one attached hydrogen (secondary N) is 1. The van der Waals surface area contributed by atoms with Crippen LogP contribution >= 0.6 is 11.6 Å². The largest absolute Gasteiger partial charge is 0.493 e. The highest BCUT2D eigenvalue weighted by molar-refractivity contribution is 7.92. The molecule has 0 spiro atoms. The molecule has 3 aromatic rings. The Hall–Kier alpha value is -3.76. The van der Waals surface area contributed by atoms with Gasteiger partial charge in [0.15, 0.2) is 11.5 Å². The molecule has 9 nitrogen and oxygen atoms in total. The minimum absolute atomic E-state index is 0.0995. The molecule has 11 heteroatoms. The van der Waals surface area contributed by atoms with Gasteiger partial charge in [-0.05, 0) is 42.5 Å². The molecule has 0 heterocycles. The Morgan fingerprint density at radius 3 is 2.23 bits per heavy atom. The van der Waals surface area contributed by atoms with Crippen molar-refractivity contribution in [2.24, 2.45) is 0 Å². The highest BCUT2D eigenvalue weighted by Gasteiger charge is 2.28. The van der Waals surface area contributed by atoms with Crippen LogP contribution in [0.25, 0.3) is 0 Å². The van der Waals surface area contributed by atoms with Crippen LogP contribution in [0.1, 0.15) is 10.4 Å². The van der Waals surface area contributed by atoms with Crippen molar-refractivity contribution in [1.82, 2.24) is 0 Å². The lowest BCUT2D eigenvalue weighted by Crippen LogP contribution is -2.38. The predicted molar refractivity (Wildman–Crippen MR) is 132 cm³/mol. The number of methoxy groups -OCH3 is 3. The summed E-state index contributed by atoms with van der Waals surface area (Å²) in [5.41, 5.74) is 0.577. The number of ether oxygens (including phenoxy) is 3. The molecule has 0 bridgehead atoms. The molecule has 0 aliphatic heterocycles. The summed E-state index contributed by atoms with van der Waals surface area (Å²) in [5, 5.41) is 2.73. The number of hydrogen-bond donors (Lipinski definition) is 1. The number of hydrogen-bond acceptors (Lipinski definition) is 7. The Labute approximate surface area is 208 Å². The summed E-state index contributed by atoms with van der Waals surface area (Å²) in [5.74, 6) is -0.714. The van der Waals surface area contributed by atoms with Crippen molar-refractivity contribution in [3.05, 3.63) is 77.3 Å². The van der Waals surface area contributed by atoms with Crippen LogP contribution < -0.4 is 19.1 Å². The molecule has 35 heavy (non-hydrogen) atoms. The molecule has 0 aromatic heterocycles. The Balaban J connectivity index is 1.96. The van der Waals surface area contributed by atoms with Crippen LogP contribution in [0.15, 0.2) is 71.6 Å². The maximum atomic E-state index is 13.6. The first-order valence-electron chi connectivity index (χ1n) is 10.2. The number of esters is 1. The Morgan fingerprint density at radius 1 is 0.914 bits per heavy atom. The molecule has 1 amide bonds. The van der Waals surface area contributed by atoms with Gasteiger partial charge < -0.3 is 19.5 Å². The maximum absolute atomic E-state index is 13.6. The Bertz CT molecular complexity index is 1330. The summed E-state index contributed by atoms with van der Waals surface area (Å²) in [7, 11) is -0.148. The van der Waals surface area contributed by atoms with E-state index < -0.39 is 28.4 Å². The fourth-order valence-electron chi connectivity index (χ4n) is 3.20. The maximum Gasteiger partial charge on any atom is 0.337 e. The molecule has 3 rings (SSSR count). The molecule has 0 saturated carbocycles. The molecule has 0 radical (unpaired) electrons. The number of nitrogens with zero attached hydrogens (tertiary/aromatic N) is 1. The minimum atomic E-state index is -4.20. The summed E-state index contributed by atoms with van der Waals surface area (Å²) in [6, 6.07) is 16.5. The van der Waals surface area contributed by atoms with Gasteiger partial charge in [0.25, 0.3) is 10.0 Å². The molecule has 0 aliphatic carbocycles. The van der Waals surface area contributed by atoms with Gasteiger partial charge in [-0.25, -0.2) is 13.2 Å². The molecule has 3 aromatic carbocycles. The van der Waals surface area contributed by atoms with Gasteiger partial charge in [0.05, 0.1) is 48.2 Å². The standard InChI is InChI=1S/C24H23ClN2O7S/c1-32-21-12-10-18(14-22(21)33-2)35(30,31)27(17-7-5-4-6-8-17)15-23(28)26-20-13-16(24(29)34-3)9-11-19(20)25/h4-14H,15H2,1-3H3,(H,26,28). The van der Waals surface area contributed by atoms with Gasteiger partial charge in [-0.2, -0.15) is 0 Å². The van der Waals surface area contributed by atoms with E-state index in [9.17, 15) is 18.0 Å². The minimum Gasteiger partial charge on any atom is -0.493 e. The van der Waals surface area contributed by atoms with E-state index in [-0.39, 0.29) is 32.6 Å². The molecule has 0 aliphatic rings. The first-order chi connectivity index (χ1) is 16.7. The first kappa shape index (κ1) is 25.9. The van der Waals surface area contributed by atoms with Crippen LogP contribution in [0.5, 0.6) is 11.5 Å². The van der Waals surface area contributed by atoms with Crippen molar-refractivity contribution in [3.8, 4) is 11.5 Å². The highest BCUT2D eigenvalue weighted by Crippen LogP contribution is 2.32. The third kappa shape index (κ3) is 5.84. The summed E-state index contributed by atoms with van der Waals surface area (Å²) < 4.78 is 43.3. The second-order valence-corrected chi connectivity index (χ2v) is 9.37. The van der Waals surface area contributed by atoms with Crippen LogP contribution in [0, 0.1) is 0 Å². The lowest BCUT2D eigenvalue weighted by Gasteiger charge is -2.24. The molecule has 0 saturated heterocycles. The number of rotatable bonds is 9. The van der Waals surface area contributed by atoms with Crippen molar-refractivity contribution in [1.29, 1.82) is 0 Å². The van der Waals surface area contributed by atoms with Crippen LogP contribution in [-0.2, 0) is 19.6 Å². The molecule has 0 atom stereocenters. The molecule has 1 N–H and O–H groups in total. The van der Waals surface area contributed by atoms with Crippen LogP contribution in [0.3, 0.4) is 0 Å². The number of anilines is 2. The monoisotopic (exact) mass is 518 g/mol. The van der Waals surface area contributed by atoms with Crippen molar-refractivity contribution in [3.63, 3.8) is 0 Å². The van der Waals surface area contributed by atoms with E-state index >= 15 is 0 Å². The normalized spacial score (nSPS) is 10.9. The van der Waals surface area contributed by atoms with Crippen molar-refractivity contribution >= 4 is 44.9 Å². The smallest absolute Gasteiger partial charge is 0.337 e. The van der Waals surface area contributed by atoms with E-state index in [0.29, 0.717) is 5.75 Å². The number of halogens is 1. The van der Waals surface area contributed by atoms with E-state index in [2.05, 4.69) is 10.1 Å². The predicted octanol–water partition coefficient (Wildman–Crippen LogP) is 3.98. The SMILES string of the molecule is COC(=O)c1ccc(Cl)c(NC(=O)CN(c2ccccc2)S(=O)(=O)c2ccc(OC)c(OC)c2)c1. The zero-order chi connectivity index (χ0) is 25.6.